The number of hydrogen-bond acceptors (Lipinski definition) is 3. The standard InChI is InChI=1S/C13H13FN2O2S/c1-9-7-11(15)5-6-13(9)19(17,18)16-12-4-2-3-10(14)8-12/h2-8,16H,15H2,1H3. The van der Waals surface area contributed by atoms with Gasteiger partial charge in [-0.15, -0.1) is 0 Å². The van der Waals surface area contributed by atoms with Crippen LogP contribution >= 0.6 is 0 Å². The van der Waals surface area contributed by atoms with Gasteiger partial charge in [-0.3, -0.25) is 4.72 Å². The Kier molecular flexibility index (Phi) is 3.44. The summed E-state index contributed by atoms with van der Waals surface area (Å²) in [6.07, 6.45) is 0. The first-order valence-corrected chi connectivity index (χ1v) is 7.01. The lowest BCUT2D eigenvalue weighted by Gasteiger charge is -2.10. The van der Waals surface area contributed by atoms with Crippen molar-refractivity contribution in [2.75, 3.05) is 10.5 Å². The highest BCUT2D eigenvalue weighted by molar-refractivity contribution is 7.92. The van der Waals surface area contributed by atoms with Crippen molar-refractivity contribution in [1.29, 1.82) is 0 Å². The van der Waals surface area contributed by atoms with Crippen molar-refractivity contribution in [2.45, 2.75) is 11.8 Å². The molecule has 0 bridgehead atoms. The number of nitrogens with one attached hydrogen (secondary N) is 1. The van der Waals surface area contributed by atoms with Crippen LogP contribution in [0.4, 0.5) is 15.8 Å². The van der Waals surface area contributed by atoms with Gasteiger partial charge in [0, 0.05) is 5.69 Å². The Balaban J connectivity index is 2.38. The van der Waals surface area contributed by atoms with E-state index in [1.807, 2.05) is 0 Å². The van der Waals surface area contributed by atoms with Gasteiger partial charge in [0.15, 0.2) is 0 Å². The van der Waals surface area contributed by atoms with E-state index in [1.54, 1.807) is 13.0 Å². The third kappa shape index (κ3) is 3.03. The lowest BCUT2D eigenvalue weighted by atomic mass is 10.2. The van der Waals surface area contributed by atoms with Gasteiger partial charge >= 0.3 is 0 Å². The minimum Gasteiger partial charge on any atom is -0.399 e. The smallest absolute Gasteiger partial charge is 0.262 e. The van der Waals surface area contributed by atoms with Crippen molar-refractivity contribution in [2.24, 2.45) is 0 Å². The number of hydrogen-bond donors (Lipinski definition) is 2. The summed E-state index contributed by atoms with van der Waals surface area (Å²) in [7, 11) is -3.75. The molecular formula is C13H13FN2O2S. The van der Waals surface area contributed by atoms with E-state index in [2.05, 4.69) is 4.72 Å². The number of nitrogen functional groups attached to an aromatic ring is 1. The Hall–Kier alpha value is -2.08. The summed E-state index contributed by atoms with van der Waals surface area (Å²) < 4.78 is 39.7. The molecule has 6 heteroatoms. The van der Waals surface area contributed by atoms with Gasteiger partial charge in [-0.1, -0.05) is 6.07 Å². The Labute approximate surface area is 111 Å². The molecule has 2 aromatic rings. The molecule has 0 aromatic heterocycles. The summed E-state index contributed by atoms with van der Waals surface area (Å²) in [5, 5.41) is 0. The van der Waals surface area contributed by atoms with Crippen LogP contribution in [0.15, 0.2) is 47.4 Å². The molecule has 100 valence electrons. The Morgan fingerprint density at radius 2 is 1.89 bits per heavy atom. The summed E-state index contributed by atoms with van der Waals surface area (Å²) in [6, 6.07) is 9.77. The fraction of sp³-hybridized carbons (Fsp3) is 0.0769. The SMILES string of the molecule is Cc1cc(N)ccc1S(=O)(=O)Nc1cccc(F)c1. The third-order valence-electron chi connectivity index (χ3n) is 2.57. The average molecular weight is 280 g/mol. The molecule has 2 rings (SSSR count). The van der Waals surface area contributed by atoms with Gasteiger partial charge < -0.3 is 5.73 Å². The van der Waals surface area contributed by atoms with Crippen molar-refractivity contribution in [1.82, 2.24) is 0 Å². The van der Waals surface area contributed by atoms with Gasteiger partial charge in [0.1, 0.15) is 5.82 Å². The van der Waals surface area contributed by atoms with Gasteiger partial charge in [-0.2, -0.15) is 0 Å². The van der Waals surface area contributed by atoms with Gasteiger partial charge in [0.05, 0.1) is 10.6 Å². The van der Waals surface area contributed by atoms with Crippen molar-refractivity contribution < 1.29 is 12.8 Å². The zero-order chi connectivity index (χ0) is 14.0. The minimum absolute atomic E-state index is 0.117. The second-order valence-electron chi connectivity index (χ2n) is 4.14. The first kappa shape index (κ1) is 13.4. The normalized spacial score (nSPS) is 11.3. The average Bonchev–Trinajstić information content (AvgIpc) is 2.27. The van der Waals surface area contributed by atoms with Crippen LogP contribution in [0.3, 0.4) is 0 Å². The van der Waals surface area contributed by atoms with E-state index in [4.69, 9.17) is 5.73 Å². The molecule has 0 saturated carbocycles. The predicted octanol–water partition coefficient (Wildman–Crippen LogP) is 2.52. The molecule has 0 saturated heterocycles. The van der Waals surface area contributed by atoms with Gasteiger partial charge in [0.25, 0.3) is 10.0 Å². The zero-order valence-corrected chi connectivity index (χ0v) is 11.0. The van der Waals surface area contributed by atoms with E-state index >= 15 is 0 Å². The molecule has 2 aromatic carbocycles. The Morgan fingerprint density at radius 1 is 1.16 bits per heavy atom. The summed E-state index contributed by atoms with van der Waals surface area (Å²) in [5.41, 5.74) is 6.78. The summed E-state index contributed by atoms with van der Waals surface area (Å²) in [5.74, 6) is -0.505. The topological polar surface area (TPSA) is 72.2 Å². The van der Waals surface area contributed by atoms with E-state index in [0.29, 0.717) is 11.3 Å². The highest BCUT2D eigenvalue weighted by atomic mass is 32.2. The molecule has 19 heavy (non-hydrogen) atoms. The minimum atomic E-state index is -3.75. The highest BCUT2D eigenvalue weighted by Crippen LogP contribution is 2.21. The monoisotopic (exact) mass is 280 g/mol. The predicted molar refractivity (Wildman–Crippen MR) is 72.8 cm³/mol. The Morgan fingerprint density at radius 3 is 2.53 bits per heavy atom. The second kappa shape index (κ2) is 4.89. The van der Waals surface area contributed by atoms with Crippen LogP contribution in [0.1, 0.15) is 5.56 Å². The summed E-state index contributed by atoms with van der Waals surface area (Å²) >= 11 is 0. The van der Waals surface area contributed by atoms with E-state index in [0.717, 1.165) is 6.07 Å². The maximum absolute atomic E-state index is 13.0. The first-order valence-electron chi connectivity index (χ1n) is 5.53. The van der Waals surface area contributed by atoms with Crippen LogP contribution in [0.25, 0.3) is 0 Å². The van der Waals surface area contributed by atoms with E-state index < -0.39 is 15.8 Å². The number of halogens is 1. The largest absolute Gasteiger partial charge is 0.399 e. The van der Waals surface area contributed by atoms with Crippen molar-refractivity contribution >= 4 is 21.4 Å². The molecule has 0 amide bonds. The molecule has 0 aliphatic carbocycles. The van der Waals surface area contributed by atoms with E-state index in [9.17, 15) is 12.8 Å². The van der Waals surface area contributed by atoms with Crippen molar-refractivity contribution in [3.05, 3.63) is 53.8 Å². The second-order valence-corrected chi connectivity index (χ2v) is 5.79. The van der Waals surface area contributed by atoms with E-state index in [-0.39, 0.29) is 10.6 Å². The number of sulfonamides is 1. The maximum atomic E-state index is 13.0. The molecule has 0 radical (unpaired) electrons. The van der Waals surface area contributed by atoms with Crippen molar-refractivity contribution in [3.63, 3.8) is 0 Å². The van der Waals surface area contributed by atoms with Crippen LogP contribution in [-0.4, -0.2) is 8.42 Å². The van der Waals surface area contributed by atoms with Crippen molar-refractivity contribution in [3.8, 4) is 0 Å². The fourth-order valence-electron chi connectivity index (χ4n) is 1.74. The molecule has 4 nitrogen and oxygen atoms in total. The number of aryl methyl sites for hydroxylation is 1. The van der Waals surface area contributed by atoms with Gasteiger partial charge in [0.2, 0.25) is 0 Å². The number of rotatable bonds is 3. The van der Waals surface area contributed by atoms with Crippen LogP contribution in [0.2, 0.25) is 0 Å². The van der Waals surface area contributed by atoms with Crippen LogP contribution in [0, 0.1) is 12.7 Å². The number of benzene rings is 2. The fourth-order valence-corrected chi connectivity index (χ4v) is 3.01. The molecule has 0 spiro atoms. The highest BCUT2D eigenvalue weighted by Gasteiger charge is 2.17. The molecule has 0 aliphatic heterocycles. The zero-order valence-electron chi connectivity index (χ0n) is 10.2. The quantitative estimate of drug-likeness (QED) is 0.848. The van der Waals surface area contributed by atoms with Crippen LogP contribution < -0.4 is 10.5 Å². The molecule has 0 fully saturated rings. The molecule has 0 aliphatic rings. The summed E-state index contributed by atoms with van der Waals surface area (Å²) in [6.45, 7) is 1.65. The molecule has 3 N–H and O–H groups in total. The van der Waals surface area contributed by atoms with Crippen LogP contribution in [0.5, 0.6) is 0 Å². The number of nitrogens with two attached hydrogens (primary N) is 1. The summed E-state index contributed by atoms with van der Waals surface area (Å²) in [4.78, 5) is 0.117. The first-order chi connectivity index (χ1) is 8.88. The molecular weight excluding hydrogens is 267 g/mol. The van der Waals surface area contributed by atoms with Gasteiger partial charge in [-0.05, 0) is 48.9 Å². The maximum Gasteiger partial charge on any atom is 0.262 e. The molecule has 0 unspecified atom stereocenters. The lowest BCUT2D eigenvalue weighted by molar-refractivity contribution is 0.600. The Bertz CT molecular complexity index is 714. The molecule has 0 atom stereocenters. The lowest BCUT2D eigenvalue weighted by Crippen LogP contribution is -2.14. The van der Waals surface area contributed by atoms with E-state index in [1.165, 1.54) is 30.3 Å². The molecule has 0 heterocycles. The third-order valence-corrected chi connectivity index (χ3v) is 4.11. The van der Waals surface area contributed by atoms with Crippen LogP contribution in [-0.2, 0) is 10.0 Å². The number of anilines is 2. The van der Waals surface area contributed by atoms with Gasteiger partial charge in [-0.25, -0.2) is 12.8 Å².